The lowest BCUT2D eigenvalue weighted by Crippen LogP contribution is -2.46. The smallest absolute Gasteiger partial charge is 0.415 e. The van der Waals surface area contributed by atoms with E-state index in [-0.39, 0.29) is 13.0 Å². The van der Waals surface area contributed by atoms with Crippen LogP contribution in [0.15, 0.2) is 22.8 Å². The van der Waals surface area contributed by atoms with Crippen LogP contribution in [0.5, 0.6) is 0 Å². The first-order valence-electron chi connectivity index (χ1n) is 6.57. The SMILES string of the molecule is C[C@@](C[C@H]1CN(c2ccc(Br)cn2)C(=O)O1)(C(=O)O)S(C)(=O)=O. The molecular weight excluding hydrogens is 392 g/mol. The molecule has 0 saturated carbocycles. The van der Waals surface area contributed by atoms with Crippen LogP contribution in [-0.4, -0.2) is 54.2 Å². The Morgan fingerprint density at radius 3 is 2.70 bits per heavy atom. The summed E-state index contributed by atoms with van der Waals surface area (Å²) in [5.41, 5.74) is 0. The van der Waals surface area contributed by atoms with Crippen LogP contribution in [0.1, 0.15) is 13.3 Å². The average Bonchev–Trinajstić information content (AvgIpc) is 2.78. The summed E-state index contributed by atoms with van der Waals surface area (Å²) in [4.78, 5) is 28.6. The van der Waals surface area contributed by atoms with Crippen LogP contribution in [-0.2, 0) is 19.4 Å². The third-order valence-corrected chi connectivity index (χ3v) is 6.20. The molecule has 1 saturated heterocycles. The average molecular weight is 407 g/mol. The van der Waals surface area contributed by atoms with Crippen molar-refractivity contribution in [2.45, 2.75) is 24.2 Å². The number of cyclic esters (lactones) is 1. The molecule has 2 rings (SSSR count). The zero-order valence-corrected chi connectivity index (χ0v) is 14.8. The Morgan fingerprint density at radius 1 is 1.57 bits per heavy atom. The highest BCUT2D eigenvalue weighted by Crippen LogP contribution is 2.29. The van der Waals surface area contributed by atoms with E-state index in [1.165, 1.54) is 11.1 Å². The number of rotatable bonds is 5. The molecule has 8 nitrogen and oxygen atoms in total. The molecule has 1 aliphatic rings. The second-order valence-electron chi connectivity index (χ2n) is 5.46. The van der Waals surface area contributed by atoms with Crippen molar-refractivity contribution in [1.29, 1.82) is 0 Å². The van der Waals surface area contributed by atoms with Gasteiger partial charge in [-0.3, -0.25) is 9.69 Å². The normalized spacial score (nSPS) is 20.9. The first-order valence-corrected chi connectivity index (χ1v) is 9.26. The van der Waals surface area contributed by atoms with Crippen LogP contribution in [0.25, 0.3) is 0 Å². The van der Waals surface area contributed by atoms with E-state index in [9.17, 15) is 23.1 Å². The molecule has 0 aliphatic carbocycles. The number of carboxylic acid groups (broad SMARTS) is 1. The summed E-state index contributed by atoms with van der Waals surface area (Å²) >= 11 is 3.23. The number of amides is 1. The lowest BCUT2D eigenvalue weighted by molar-refractivity contribution is -0.140. The molecule has 23 heavy (non-hydrogen) atoms. The molecule has 0 bridgehead atoms. The van der Waals surface area contributed by atoms with Gasteiger partial charge in [-0.2, -0.15) is 0 Å². The topological polar surface area (TPSA) is 114 Å². The fraction of sp³-hybridized carbons (Fsp3) is 0.462. The van der Waals surface area contributed by atoms with Crippen LogP contribution in [0.2, 0.25) is 0 Å². The van der Waals surface area contributed by atoms with E-state index in [0.29, 0.717) is 5.82 Å². The Kier molecular flexibility index (Phi) is 4.67. The molecule has 0 unspecified atom stereocenters. The number of carbonyl (C=O) groups is 2. The van der Waals surface area contributed by atoms with Gasteiger partial charge in [-0.15, -0.1) is 0 Å². The summed E-state index contributed by atoms with van der Waals surface area (Å²) in [6, 6.07) is 3.29. The lowest BCUT2D eigenvalue weighted by atomic mass is 10.0. The number of hydrogen-bond acceptors (Lipinski definition) is 6. The van der Waals surface area contributed by atoms with E-state index in [4.69, 9.17) is 4.74 Å². The minimum atomic E-state index is -3.89. The van der Waals surface area contributed by atoms with Gasteiger partial charge in [0.15, 0.2) is 14.6 Å². The Morgan fingerprint density at radius 2 is 2.22 bits per heavy atom. The van der Waals surface area contributed by atoms with E-state index in [1.807, 2.05) is 0 Å². The van der Waals surface area contributed by atoms with Gasteiger partial charge < -0.3 is 9.84 Å². The first-order chi connectivity index (χ1) is 10.5. The zero-order valence-electron chi connectivity index (χ0n) is 12.4. The van der Waals surface area contributed by atoms with Crippen molar-refractivity contribution in [2.24, 2.45) is 0 Å². The van der Waals surface area contributed by atoms with Gasteiger partial charge in [0.2, 0.25) is 0 Å². The maximum Gasteiger partial charge on any atom is 0.415 e. The summed E-state index contributed by atoms with van der Waals surface area (Å²) in [6.45, 7) is 1.14. The Hall–Kier alpha value is -1.68. The molecule has 1 aliphatic heterocycles. The number of aromatic nitrogens is 1. The Labute approximate surface area is 141 Å². The minimum Gasteiger partial charge on any atom is -0.480 e. The van der Waals surface area contributed by atoms with Crippen LogP contribution in [0.4, 0.5) is 10.6 Å². The largest absolute Gasteiger partial charge is 0.480 e. The molecule has 2 atom stereocenters. The molecule has 1 aromatic rings. The lowest BCUT2D eigenvalue weighted by Gasteiger charge is -2.24. The molecule has 126 valence electrons. The fourth-order valence-corrected chi connectivity index (χ4v) is 3.21. The maximum atomic E-state index is 11.9. The standard InChI is InChI=1S/C13H15BrN2O6S/c1-13(11(17)18,23(2,20)21)5-9-7-16(12(19)22-9)10-4-3-8(14)6-15-10/h3-4,6,9H,5,7H2,1-2H3,(H,17,18)/t9-,13+/m0/s1. The molecule has 1 aromatic heterocycles. The highest BCUT2D eigenvalue weighted by molar-refractivity contribution is 9.10. The third kappa shape index (κ3) is 3.47. The number of sulfone groups is 1. The molecule has 2 heterocycles. The van der Waals surface area contributed by atoms with Gasteiger partial charge in [-0.25, -0.2) is 18.2 Å². The Balaban J connectivity index is 2.20. The molecule has 1 N–H and O–H groups in total. The summed E-state index contributed by atoms with van der Waals surface area (Å²) in [5.74, 6) is -1.13. The van der Waals surface area contributed by atoms with Crippen molar-refractivity contribution < 1.29 is 27.9 Å². The summed E-state index contributed by atoms with van der Waals surface area (Å²) in [6.07, 6.45) is 0.481. The highest BCUT2D eigenvalue weighted by atomic mass is 79.9. The van der Waals surface area contributed by atoms with Gasteiger partial charge in [0.25, 0.3) is 0 Å². The second kappa shape index (κ2) is 6.08. The molecule has 10 heteroatoms. The number of halogens is 1. The van der Waals surface area contributed by atoms with Gasteiger partial charge in [0, 0.05) is 23.3 Å². The highest BCUT2D eigenvalue weighted by Gasteiger charge is 2.48. The van der Waals surface area contributed by atoms with Gasteiger partial charge >= 0.3 is 12.1 Å². The summed E-state index contributed by atoms with van der Waals surface area (Å²) in [7, 11) is -3.89. The fourth-order valence-electron chi connectivity index (χ4n) is 2.17. The van der Waals surface area contributed by atoms with E-state index in [0.717, 1.165) is 17.7 Å². The minimum absolute atomic E-state index is 0.0336. The molecule has 0 spiro atoms. The van der Waals surface area contributed by atoms with Crippen LogP contribution in [0, 0.1) is 0 Å². The third-order valence-electron chi connectivity index (χ3n) is 3.75. The van der Waals surface area contributed by atoms with E-state index in [1.54, 1.807) is 12.1 Å². The number of aliphatic carboxylic acids is 1. The molecule has 0 aromatic carbocycles. The maximum absolute atomic E-state index is 11.9. The number of pyridine rings is 1. The number of carboxylic acids is 1. The number of hydrogen-bond donors (Lipinski definition) is 1. The first kappa shape index (κ1) is 17.7. The molecule has 0 radical (unpaired) electrons. The summed E-state index contributed by atoms with van der Waals surface area (Å²) in [5, 5.41) is 9.26. The number of carbonyl (C=O) groups excluding carboxylic acids is 1. The van der Waals surface area contributed by atoms with Crippen molar-refractivity contribution in [2.75, 3.05) is 17.7 Å². The van der Waals surface area contributed by atoms with E-state index in [2.05, 4.69) is 20.9 Å². The van der Waals surface area contributed by atoms with Crippen molar-refractivity contribution >= 4 is 43.6 Å². The van der Waals surface area contributed by atoms with Gasteiger partial charge in [-0.1, -0.05) is 0 Å². The van der Waals surface area contributed by atoms with Crippen molar-refractivity contribution in [1.82, 2.24) is 4.98 Å². The van der Waals surface area contributed by atoms with Crippen molar-refractivity contribution in [3.63, 3.8) is 0 Å². The predicted octanol–water partition coefficient (Wildman–Crippen LogP) is 1.45. The van der Waals surface area contributed by atoms with Gasteiger partial charge in [-0.05, 0) is 35.0 Å². The second-order valence-corrected chi connectivity index (χ2v) is 8.82. The van der Waals surface area contributed by atoms with E-state index >= 15 is 0 Å². The number of ether oxygens (including phenoxy) is 1. The molecular formula is C13H15BrN2O6S. The van der Waals surface area contributed by atoms with Crippen molar-refractivity contribution in [3.05, 3.63) is 22.8 Å². The predicted molar refractivity (Wildman–Crippen MR) is 85.1 cm³/mol. The number of anilines is 1. The van der Waals surface area contributed by atoms with Crippen LogP contribution < -0.4 is 4.90 Å². The molecule has 1 amide bonds. The monoisotopic (exact) mass is 406 g/mol. The van der Waals surface area contributed by atoms with Gasteiger partial charge in [0.05, 0.1) is 6.54 Å². The quantitative estimate of drug-likeness (QED) is 0.786. The van der Waals surface area contributed by atoms with Gasteiger partial charge in [0.1, 0.15) is 11.9 Å². The number of nitrogens with zero attached hydrogens (tertiary/aromatic N) is 2. The van der Waals surface area contributed by atoms with E-state index < -0.39 is 32.8 Å². The zero-order chi connectivity index (χ0) is 17.4. The van der Waals surface area contributed by atoms with Crippen LogP contribution >= 0.6 is 15.9 Å². The van der Waals surface area contributed by atoms with Crippen LogP contribution in [0.3, 0.4) is 0 Å². The Bertz CT molecular complexity index is 735. The summed E-state index contributed by atoms with van der Waals surface area (Å²) < 4.78 is 27.4. The molecule has 1 fully saturated rings. The van der Waals surface area contributed by atoms with Crippen molar-refractivity contribution in [3.8, 4) is 0 Å².